The quantitative estimate of drug-likeness (QED) is 0.863. The molecule has 0 bridgehead atoms. The average molecular weight is 241 g/mol. The molecule has 1 N–H and O–H groups in total. The zero-order valence-electron chi connectivity index (χ0n) is 9.00. The Morgan fingerprint density at radius 2 is 2.50 bits per heavy atom. The summed E-state index contributed by atoms with van der Waals surface area (Å²) in [6, 6.07) is 3.27. The van der Waals surface area contributed by atoms with Gasteiger partial charge in [-0.3, -0.25) is 4.79 Å². The average Bonchev–Trinajstić information content (AvgIpc) is 2.66. The molecule has 86 valence electrons. The van der Waals surface area contributed by atoms with Crippen molar-refractivity contribution in [2.24, 2.45) is 0 Å². The van der Waals surface area contributed by atoms with Crippen LogP contribution in [0.15, 0.2) is 18.3 Å². The Balaban J connectivity index is 2.07. The van der Waals surface area contributed by atoms with Gasteiger partial charge in [0.25, 0.3) is 5.91 Å². The summed E-state index contributed by atoms with van der Waals surface area (Å²) in [6.07, 6.45) is 3.20. The molecule has 1 aliphatic rings. The Labute approximate surface area is 99.0 Å². The maximum Gasteiger partial charge on any atom is 0.257 e. The van der Waals surface area contributed by atoms with Gasteiger partial charge in [0.05, 0.1) is 0 Å². The van der Waals surface area contributed by atoms with Gasteiger partial charge < -0.3 is 10.1 Å². The first-order valence-electron chi connectivity index (χ1n) is 5.17. The Morgan fingerprint density at radius 3 is 3.12 bits per heavy atom. The van der Waals surface area contributed by atoms with Crippen molar-refractivity contribution in [1.82, 2.24) is 4.98 Å². The number of nitrogens with zero attached hydrogens (tertiary/aromatic N) is 1. The van der Waals surface area contributed by atoms with Crippen LogP contribution in [0.1, 0.15) is 19.8 Å². The highest BCUT2D eigenvalue weighted by Gasteiger charge is 2.37. The van der Waals surface area contributed by atoms with E-state index in [1.165, 1.54) is 0 Å². The second-order valence-corrected chi connectivity index (χ2v) is 4.43. The minimum Gasteiger partial charge on any atom is -0.365 e. The number of carbonyl (C=O) groups is 1. The minimum absolute atomic E-state index is 0.167. The van der Waals surface area contributed by atoms with Crippen LogP contribution < -0.4 is 5.32 Å². The first-order chi connectivity index (χ1) is 7.60. The van der Waals surface area contributed by atoms with Gasteiger partial charge in [0.2, 0.25) is 0 Å². The van der Waals surface area contributed by atoms with Crippen molar-refractivity contribution >= 4 is 23.3 Å². The molecule has 1 atom stereocenters. The van der Waals surface area contributed by atoms with Gasteiger partial charge in [-0.2, -0.15) is 0 Å². The lowest BCUT2D eigenvalue weighted by Gasteiger charge is -2.21. The van der Waals surface area contributed by atoms with E-state index in [0.717, 1.165) is 12.8 Å². The van der Waals surface area contributed by atoms with Gasteiger partial charge in [-0.15, -0.1) is 0 Å². The topological polar surface area (TPSA) is 51.2 Å². The maximum absolute atomic E-state index is 11.9. The van der Waals surface area contributed by atoms with E-state index >= 15 is 0 Å². The van der Waals surface area contributed by atoms with Crippen molar-refractivity contribution in [2.45, 2.75) is 25.4 Å². The lowest BCUT2D eigenvalue weighted by atomic mass is 10.0. The van der Waals surface area contributed by atoms with Crippen LogP contribution in [0, 0.1) is 0 Å². The molecular weight excluding hydrogens is 228 g/mol. The summed E-state index contributed by atoms with van der Waals surface area (Å²) in [7, 11) is 0. The van der Waals surface area contributed by atoms with E-state index in [4.69, 9.17) is 16.3 Å². The smallest absolute Gasteiger partial charge is 0.257 e. The predicted octanol–water partition coefficient (Wildman–Crippen LogP) is 2.24. The molecule has 0 saturated carbocycles. The molecule has 0 spiro atoms. The predicted molar refractivity (Wildman–Crippen MR) is 61.5 cm³/mol. The van der Waals surface area contributed by atoms with Crippen molar-refractivity contribution < 1.29 is 9.53 Å². The highest BCUT2D eigenvalue weighted by molar-refractivity contribution is 6.30. The van der Waals surface area contributed by atoms with Crippen molar-refractivity contribution in [3.8, 4) is 0 Å². The second-order valence-electron chi connectivity index (χ2n) is 4.00. The number of carbonyl (C=O) groups excluding carboxylic acids is 1. The number of hydrogen-bond donors (Lipinski definition) is 1. The minimum atomic E-state index is -0.732. The molecule has 1 unspecified atom stereocenters. The van der Waals surface area contributed by atoms with Crippen LogP contribution in [0.25, 0.3) is 0 Å². The van der Waals surface area contributed by atoms with Gasteiger partial charge in [-0.25, -0.2) is 4.98 Å². The summed E-state index contributed by atoms with van der Waals surface area (Å²) >= 11 is 5.80. The van der Waals surface area contributed by atoms with E-state index < -0.39 is 5.60 Å². The van der Waals surface area contributed by atoms with Crippen LogP contribution in [0.2, 0.25) is 5.02 Å². The fourth-order valence-corrected chi connectivity index (χ4v) is 1.84. The molecule has 1 aliphatic heterocycles. The van der Waals surface area contributed by atoms with E-state index in [9.17, 15) is 4.79 Å². The lowest BCUT2D eigenvalue weighted by Crippen LogP contribution is -2.39. The molecule has 1 saturated heterocycles. The molecule has 5 heteroatoms. The molecule has 0 radical (unpaired) electrons. The molecule has 2 rings (SSSR count). The summed E-state index contributed by atoms with van der Waals surface area (Å²) in [6.45, 7) is 2.42. The SMILES string of the molecule is CC1(C(=O)Nc2cc(Cl)ccn2)CCCO1. The van der Waals surface area contributed by atoms with Crippen molar-refractivity contribution in [3.05, 3.63) is 23.4 Å². The van der Waals surface area contributed by atoms with Gasteiger partial charge in [0.1, 0.15) is 11.4 Å². The molecule has 1 aromatic heterocycles. The molecule has 4 nitrogen and oxygen atoms in total. The van der Waals surface area contributed by atoms with Crippen LogP contribution in [-0.4, -0.2) is 23.1 Å². The van der Waals surface area contributed by atoms with E-state index in [1.807, 2.05) is 0 Å². The number of ether oxygens (including phenoxy) is 1. The molecule has 0 aromatic carbocycles. The highest BCUT2D eigenvalue weighted by atomic mass is 35.5. The number of amides is 1. The highest BCUT2D eigenvalue weighted by Crippen LogP contribution is 2.26. The number of pyridine rings is 1. The number of nitrogens with one attached hydrogen (secondary N) is 1. The number of halogens is 1. The largest absolute Gasteiger partial charge is 0.365 e. The molecule has 0 aliphatic carbocycles. The van der Waals surface area contributed by atoms with Crippen LogP contribution in [-0.2, 0) is 9.53 Å². The molecule has 1 fully saturated rings. The molecule has 16 heavy (non-hydrogen) atoms. The van der Waals surface area contributed by atoms with E-state index in [2.05, 4.69) is 10.3 Å². The van der Waals surface area contributed by atoms with Gasteiger partial charge in [0.15, 0.2) is 0 Å². The Kier molecular flexibility index (Phi) is 3.12. The van der Waals surface area contributed by atoms with Gasteiger partial charge >= 0.3 is 0 Å². The Hall–Kier alpha value is -1.13. The third kappa shape index (κ3) is 2.33. The lowest BCUT2D eigenvalue weighted by molar-refractivity contribution is -0.133. The monoisotopic (exact) mass is 240 g/mol. The first-order valence-corrected chi connectivity index (χ1v) is 5.55. The molecule has 1 aromatic rings. The van der Waals surface area contributed by atoms with Crippen LogP contribution in [0.3, 0.4) is 0 Å². The summed E-state index contributed by atoms with van der Waals surface area (Å²) in [5, 5.41) is 3.25. The van der Waals surface area contributed by atoms with Crippen molar-refractivity contribution in [3.63, 3.8) is 0 Å². The van der Waals surface area contributed by atoms with Gasteiger partial charge in [0, 0.05) is 17.8 Å². The number of anilines is 1. The van der Waals surface area contributed by atoms with Crippen LogP contribution in [0.4, 0.5) is 5.82 Å². The molecular formula is C11H13ClN2O2. The normalized spacial score (nSPS) is 24.4. The zero-order valence-corrected chi connectivity index (χ0v) is 9.75. The van der Waals surface area contributed by atoms with E-state index in [-0.39, 0.29) is 5.91 Å². The fourth-order valence-electron chi connectivity index (χ4n) is 1.68. The fraction of sp³-hybridized carbons (Fsp3) is 0.455. The first kappa shape index (κ1) is 11.4. The summed E-state index contributed by atoms with van der Waals surface area (Å²) in [5.41, 5.74) is -0.732. The van der Waals surface area contributed by atoms with E-state index in [0.29, 0.717) is 17.4 Å². The number of hydrogen-bond acceptors (Lipinski definition) is 3. The van der Waals surface area contributed by atoms with Gasteiger partial charge in [-0.1, -0.05) is 11.6 Å². The van der Waals surface area contributed by atoms with E-state index in [1.54, 1.807) is 25.3 Å². The Morgan fingerprint density at radius 1 is 1.69 bits per heavy atom. The van der Waals surface area contributed by atoms with Crippen molar-refractivity contribution in [1.29, 1.82) is 0 Å². The third-order valence-corrected chi connectivity index (χ3v) is 2.90. The molecule has 2 heterocycles. The maximum atomic E-state index is 11.9. The van der Waals surface area contributed by atoms with Gasteiger partial charge in [-0.05, 0) is 31.9 Å². The number of rotatable bonds is 2. The Bertz CT molecular complexity index is 403. The van der Waals surface area contributed by atoms with Crippen LogP contribution >= 0.6 is 11.6 Å². The third-order valence-electron chi connectivity index (χ3n) is 2.66. The van der Waals surface area contributed by atoms with Crippen LogP contribution in [0.5, 0.6) is 0 Å². The number of aromatic nitrogens is 1. The summed E-state index contributed by atoms with van der Waals surface area (Å²) in [4.78, 5) is 15.9. The molecule has 1 amide bonds. The second kappa shape index (κ2) is 4.39. The zero-order chi connectivity index (χ0) is 11.6. The summed E-state index contributed by atoms with van der Waals surface area (Å²) in [5.74, 6) is 0.286. The standard InChI is InChI=1S/C11H13ClN2O2/c1-11(4-2-6-16-11)10(15)14-9-7-8(12)3-5-13-9/h3,5,7H,2,4,6H2,1H3,(H,13,14,15). The van der Waals surface area contributed by atoms with Crippen molar-refractivity contribution in [2.75, 3.05) is 11.9 Å². The summed E-state index contributed by atoms with van der Waals surface area (Å²) < 4.78 is 5.43.